The molecule has 1 saturated heterocycles. The Balaban J connectivity index is 1.54. The molecule has 0 bridgehead atoms. The van der Waals surface area contributed by atoms with E-state index >= 15 is 0 Å². The molecule has 5 nitrogen and oxygen atoms in total. The molecule has 3 rings (SSSR count). The summed E-state index contributed by atoms with van der Waals surface area (Å²) in [7, 11) is 0. The molecule has 1 fully saturated rings. The van der Waals surface area contributed by atoms with E-state index in [9.17, 15) is 22.8 Å². The van der Waals surface area contributed by atoms with E-state index in [2.05, 4.69) is 10.3 Å². The minimum atomic E-state index is -4.43. The zero-order valence-corrected chi connectivity index (χ0v) is 16.5. The molecule has 9 heteroatoms. The molecular formula is C20H20F3N3O2S. The van der Waals surface area contributed by atoms with Crippen molar-refractivity contribution in [1.82, 2.24) is 9.88 Å². The SMILES string of the molecule is CSc1ccc(NC(=O)C2CCN(C(=O)c3ccc(C(F)(F)F)cc3)CC2)cn1. The molecule has 0 aliphatic carbocycles. The van der Waals surface area contributed by atoms with Crippen LogP contribution in [0.25, 0.3) is 0 Å². The number of carbonyl (C=O) groups excluding carboxylic acids is 2. The molecule has 0 spiro atoms. The lowest BCUT2D eigenvalue weighted by molar-refractivity contribution is -0.137. The number of thioether (sulfide) groups is 1. The summed E-state index contributed by atoms with van der Waals surface area (Å²) in [6.45, 7) is 0.753. The monoisotopic (exact) mass is 423 g/mol. The van der Waals surface area contributed by atoms with Crippen molar-refractivity contribution < 1.29 is 22.8 Å². The van der Waals surface area contributed by atoms with Crippen LogP contribution in [-0.4, -0.2) is 41.0 Å². The number of rotatable bonds is 4. The highest BCUT2D eigenvalue weighted by Crippen LogP contribution is 2.29. The number of likely N-dealkylation sites (tertiary alicyclic amines) is 1. The van der Waals surface area contributed by atoms with Gasteiger partial charge in [-0.2, -0.15) is 13.2 Å². The molecular weight excluding hydrogens is 403 g/mol. The van der Waals surface area contributed by atoms with E-state index < -0.39 is 11.7 Å². The third-order valence-electron chi connectivity index (χ3n) is 4.83. The molecule has 29 heavy (non-hydrogen) atoms. The molecule has 2 aromatic rings. The molecule has 1 aliphatic heterocycles. The number of pyridine rings is 1. The summed E-state index contributed by atoms with van der Waals surface area (Å²) in [6, 6.07) is 7.81. The Morgan fingerprint density at radius 3 is 2.28 bits per heavy atom. The van der Waals surface area contributed by atoms with E-state index in [-0.39, 0.29) is 23.3 Å². The van der Waals surface area contributed by atoms with Crippen LogP contribution in [0.15, 0.2) is 47.6 Å². The normalized spacial score (nSPS) is 15.2. The molecule has 0 saturated carbocycles. The Labute approximate surface area is 170 Å². The van der Waals surface area contributed by atoms with Gasteiger partial charge in [0.25, 0.3) is 5.91 Å². The van der Waals surface area contributed by atoms with E-state index in [1.165, 1.54) is 23.9 Å². The van der Waals surface area contributed by atoms with Crippen molar-refractivity contribution >= 4 is 29.3 Å². The Bertz CT molecular complexity index is 862. The van der Waals surface area contributed by atoms with Gasteiger partial charge in [-0.1, -0.05) is 0 Å². The molecule has 0 atom stereocenters. The first-order valence-corrected chi connectivity index (χ1v) is 10.3. The zero-order chi connectivity index (χ0) is 21.0. The lowest BCUT2D eigenvalue weighted by Crippen LogP contribution is -2.41. The van der Waals surface area contributed by atoms with Crippen molar-refractivity contribution in [2.45, 2.75) is 24.0 Å². The second kappa shape index (κ2) is 8.86. The quantitative estimate of drug-likeness (QED) is 0.745. The number of nitrogens with one attached hydrogen (secondary N) is 1. The number of nitrogens with zero attached hydrogens (tertiary/aromatic N) is 2. The fourth-order valence-electron chi connectivity index (χ4n) is 3.15. The average Bonchev–Trinajstić information content (AvgIpc) is 2.73. The molecule has 2 heterocycles. The Morgan fingerprint density at radius 2 is 1.76 bits per heavy atom. The van der Waals surface area contributed by atoms with E-state index in [4.69, 9.17) is 0 Å². The van der Waals surface area contributed by atoms with Crippen LogP contribution in [0.3, 0.4) is 0 Å². The minimum Gasteiger partial charge on any atom is -0.339 e. The van der Waals surface area contributed by atoms with E-state index in [0.29, 0.717) is 31.6 Å². The molecule has 1 aromatic carbocycles. The number of benzene rings is 1. The van der Waals surface area contributed by atoms with Gasteiger partial charge in [0, 0.05) is 24.6 Å². The van der Waals surface area contributed by atoms with E-state index in [1.54, 1.807) is 17.2 Å². The van der Waals surface area contributed by atoms with Crippen molar-refractivity contribution in [2.75, 3.05) is 24.7 Å². The molecule has 1 aromatic heterocycles. The van der Waals surface area contributed by atoms with Crippen LogP contribution in [0.1, 0.15) is 28.8 Å². The zero-order valence-electron chi connectivity index (χ0n) is 15.7. The number of piperidine rings is 1. The maximum atomic E-state index is 12.6. The van der Waals surface area contributed by atoms with Crippen molar-refractivity contribution in [3.05, 3.63) is 53.7 Å². The van der Waals surface area contributed by atoms with Gasteiger partial charge in [0.1, 0.15) is 0 Å². The van der Waals surface area contributed by atoms with Crippen molar-refractivity contribution in [1.29, 1.82) is 0 Å². The summed E-state index contributed by atoms with van der Waals surface area (Å²) in [5, 5.41) is 3.70. The van der Waals surface area contributed by atoms with Gasteiger partial charge in [-0.05, 0) is 55.5 Å². The standard InChI is InChI=1S/C20H20F3N3O2S/c1-29-17-7-6-16(12-24-17)25-18(27)13-8-10-26(11-9-13)19(28)14-2-4-15(5-3-14)20(21,22)23/h2-7,12-13H,8-11H2,1H3,(H,25,27). The number of hydrogen-bond donors (Lipinski definition) is 1. The second-order valence-electron chi connectivity index (χ2n) is 6.72. The minimum absolute atomic E-state index is 0.120. The lowest BCUT2D eigenvalue weighted by Gasteiger charge is -2.31. The first kappa shape index (κ1) is 21.2. The summed E-state index contributed by atoms with van der Waals surface area (Å²) in [6.07, 6.45) is 0.0783. The molecule has 0 unspecified atom stereocenters. The fraction of sp³-hybridized carbons (Fsp3) is 0.350. The van der Waals surface area contributed by atoms with Gasteiger partial charge in [-0.3, -0.25) is 9.59 Å². The molecule has 0 radical (unpaired) electrons. The van der Waals surface area contributed by atoms with Crippen LogP contribution in [0, 0.1) is 5.92 Å². The number of amides is 2. The summed E-state index contributed by atoms with van der Waals surface area (Å²) in [5.74, 6) is -0.674. The van der Waals surface area contributed by atoms with Crippen LogP contribution < -0.4 is 5.32 Å². The summed E-state index contributed by atoms with van der Waals surface area (Å²) < 4.78 is 37.9. The number of anilines is 1. The number of halogens is 3. The maximum Gasteiger partial charge on any atom is 0.416 e. The van der Waals surface area contributed by atoms with Gasteiger partial charge in [-0.25, -0.2) is 4.98 Å². The van der Waals surface area contributed by atoms with Gasteiger partial charge in [0.2, 0.25) is 5.91 Å². The Hall–Kier alpha value is -2.55. The maximum absolute atomic E-state index is 12.6. The number of carbonyl (C=O) groups is 2. The largest absolute Gasteiger partial charge is 0.416 e. The van der Waals surface area contributed by atoms with E-state index in [0.717, 1.165) is 17.2 Å². The number of hydrogen-bond acceptors (Lipinski definition) is 4. The Kier molecular flexibility index (Phi) is 6.46. The second-order valence-corrected chi connectivity index (χ2v) is 7.55. The number of alkyl halides is 3. The third kappa shape index (κ3) is 5.29. The van der Waals surface area contributed by atoms with Crippen LogP contribution >= 0.6 is 11.8 Å². The van der Waals surface area contributed by atoms with Gasteiger partial charge >= 0.3 is 6.18 Å². The number of aromatic nitrogens is 1. The smallest absolute Gasteiger partial charge is 0.339 e. The highest BCUT2D eigenvalue weighted by atomic mass is 32.2. The highest BCUT2D eigenvalue weighted by molar-refractivity contribution is 7.98. The summed E-state index contributed by atoms with van der Waals surface area (Å²) in [5.41, 5.74) is 0.0430. The van der Waals surface area contributed by atoms with Gasteiger partial charge in [0.15, 0.2) is 0 Å². The van der Waals surface area contributed by atoms with Crippen LogP contribution in [-0.2, 0) is 11.0 Å². The topological polar surface area (TPSA) is 62.3 Å². The predicted octanol–water partition coefficient (Wildman–Crippen LogP) is 4.31. The van der Waals surface area contributed by atoms with Crippen LogP contribution in [0.2, 0.25) is 0 Å². The molecule has 154 valence electrons. The first-order valence-electron chi connectivity index (χ1n) is 9.05. The summed E-state index contributed by atoms with van der Waals surface area (Å²) >= 11 is 1.51. The van der Waals surface area contributed by atoms with Gasteiger partial charge in [0.05, 0.1) is 22.5 Å². The van der Waals surface area contributed by atoms with E-state index in [1.807, 2.05) is 12.3 Å². The summed E-state index contributed by atoms with van der Waals surface area (Å²) in [4.78, 5) is 30.7. The van der Waals surface area contributed by atoms with Gasteiger partial charge in [-0.15, -0.1) is 11.8 Å². The lowest BCUT2D eigenvalue weighted by atomic mass is 9.95. The third-order valence-corrected chi connectivity index (χ3v) is 5.48. The van der Waals surface area contributed by atoms with Gasteiger partial charge < -0.3 is 10.2 Å². The fourth-order valence-corrected chi connectivity index (χ4v) is 3.51. The van der Waals surface area contributed by atoms with Crippen LogP contribution in [0.5, 0.6) is 0 Å². The first-order chi connectivity index (χ1) is 13.8. The van der Waals surface area contributed by atoms with Crippen LogP contribution in [0.4, 0.5) is 18.9 Å². The van der Waals surface area contributed by atoms with Crippen molar-refractivity contribution in [2.24, 2.45) is 5.92 Å². The Morgan fingerprint density at radius 1 is 1.10 bits per heavy atom. The molecule has 2 amide bonds. The molecule has 1 aliphatic rings. The predicted molar refractivity (Wildman–Crippen MR) is 105 cm³/mol. The average molecular weight is 423 g/mol. The molecule has 1 N–H and O–H groups in total. The van der Waals surface area contributed by atoms with Crippen molar-refractivity contribution in [3.8, 4) is 0 Å². The highest BCUT2D eigenvalue weighted by Gasteiger charge is 2.31. The van der Waals surface area contributed by atoms with Crippen molar-refractivity contribution in [3.63, 3.8) is 0 Å².